The smallest absolute Gasteiger partial charge is 0.235 e. The second-order valence-electron chi connectivity index (χ2n) is 6.45. The van der Waals surface area contributed by atoms with Crippen molar-refractivity contribution in [2.24, 2.45) is 0 Å². The number of ether oxygens (including phenoxy) is 1. The number of carbonyl (C=O) groups excluding carboxylic acids is 1. The molecular weight excluding hydrogens is 424 g/mol. The summed E-state index contributed by atoms with van der Waals surface area (Å²) in [5.74, 6) is -0.733. The third-order valence-corrected chi connectivity index (χ3v) is 5.26. The van der Waals surface area contributed by atoms with Gasteiger partial charge in [-0.3, -0.25) is 4.79 Å². The fourth-order valence-electron chi connectivity index (χ4n) is 3.38. The van der Waals surface area contributed by atoms with Crippen molar-refractivity contribution in [2.75, 3.05) is 0 Å². The fraction of sp³-hybridized carbons (Fsp3) is 0.143. The summed E-state index contributed by atoms with van der Waals surface area (Å²) >= 11 is 3.56. The number of aromatic hydroxyl groups is 2. The molecule has 1 aliphatic rings. The van der Waals surface area contributed by atoms with Crippen molar-refractivity contribution >= 4 is 38.7 Å². The molecule has 1 aliphatic heterocycles. The van der Waals surface area contributed by atoms with E-state index in [1.807, 2.05) is 29.0 Å². The van der Waals surface area contributed by atoms with Gasteiger partial charge in [0, 0.05) is 52.2 Å². The van der Waals surface area contributed by atoms with E-state index in [0.717, 1.165) is 33.4 Å². The Morgan fingerprint density at radius 1 is 1.29 bits per heavy atom. The first-order valence-corrected chi connectivity index (χ1v) is 9.43. The van der Waals surface area contributed by atoms with Crippen LogP contribution >= 0.6 is 15.9 Å². The normalized spacial score (nSPS) is 14.3. The van der Waals surface area contributed by atoms with E-state index in [2.05, 4.69) is 22.0 Å². The number of hydrogen-bond donors (Lipinski definition) is 2. The molecule has 0 saturated carbocycles. The number of carbonyl (C=O) groups is 1. The molecule has 3 aromatic rings. The lowest BCUT2D eigenvalue weighted by atomic mass is 10.1. The topological polar surface area (TPSA) is 95.5 Å². The zero-order valence-electron chi connectivity index (χ0n) is 14.6. The van der Waals surface area contributed by atoms with Crippen LogP contribution < -0.4 is 4.74 Å². The number of phenolic OH excluding ortho intramolecular Hbond substituents is 2. The predicted octanol–water partition coefficient (Wildman–Crippen LogP) is 4.73. The molecular formula is C21H15BrN2O4. The van der Waals surface area contributed by atoms with E-state index in [1.165, 1.54) is 6.07 Å². The molecule has 0 unspecified atom stereocenters. The molecule has 0 aliphatic carbocycles. The van der Waals surface area contributed by atoms with E-state index < -0.39 is 5.78 Å². The number of hydrogen-bond acceptors (Lipinski definition) is 5. The minimum Gasteiger partial charge on any atom is -0.508 e. The Hall–Kier alpha value is -3.24. The Balaban J connectivity index is 1.79. The number of allylic oxidation sites excluding steroid dienone is 1. The number of aryl methyl sites for hydroxylation is 1. The van der Waals surface area contributed by atoms with E-state index in [1.54, 1.807) is 6.08 Å². The number of ketones is 1. The largest absolute Gasteiger partial charge is 0.508 e. The van der Waals surface area contributed by atoms with Crippen molar-refractivity contribution in [1.29, 1.82) is 5.26 Å². The van der Waals surface area contributed by atoms with Gasteiger partial charge in [-0.05, 0) is 24.6 Å². The molecule has 0 radical (unpaired) electrons. The van der Waals surface area contributed by atoms with Crippen LogP contribution in [0.3, 0.4) is 0 Å². The van der Waals surface area contributed by atoms with Crippen LogP contribution in [0.25, 0.3) is 17.0 Å². The van der Waals surface area contributed by atoms with Gasteiger partial charge in [-0.2, -0.15) is 5.26 Å². The molecule has 2 N–H and O–H groups in total. The average molecular weight is 439 g/mol. The Labute approximate surface area is 169 Å². The number of aromatic nitrogens is 1. The number of benzene rings is 2. The van der Waals surface area contributed by atoms with Crippen LogP contribution in [0.15, 0.2) is 46.8 Å². The van der Waals surface area contributed by atoms with E-state index in [9.17, 15) is 15.0 Å². The third-order valence-electron chi connectivity index (χ3n) is 4.60. The van der Waals surface area contributed by atoms with Crippen molar-refractivity contribution in [3.05, 3.63) is 57.9 Å². The standard InChI is InChI=1S/C21H15BrN2O4/c22-14-4-3-5-15-19(14)12(11-24(15)7-2-1-6-23)8-18-21(27)20-16(26)9-13(25)10-17(20)28-18/h3-5,8-11,25-26H,1-2,7H2. The maximum absolute atomic E-state index is 12.7. The summed E-state index contributed by atoms with van der Waals surface area (Å²) in [6, 6.07) is 10.4. The number of phenols is 2. The molecule has 28 heavy (non-hydrogen) atoms. The molecule has 0 amide bonds. The van der Waals surface area contributed by atoms with Gasteiger partial charge in [-0.1, -0.05) is 22.0 Å². The summed E-state index contributed by atoms with van der Waals surface area (Å²) < 4.78 is 8.52. The molecule has 140 valence electrons. The van der Waals surface area contributed by atoms with Gasteiger partial charge in [-0.25, -0.2) is 0 Å². The third kappa shape index (κ3) is 3.02. The monoisotopic (exact) mass is 438 g/mol. The molecule has 0 bridgehead atoms. The highest BCUT2D eigenvalue weighted by Crippen LogP contribution is 2.41. The zero-order valence-corrected chi connectivity index (χ0v) is 16.2. The van der Waals surface area contributed by atoms with Crippen LogP contribution in [-0.4, -0.2) is 20.6 Å². The molecule has 0 atom stereocenters. The van der Waals surface area contributed by atoms with E-state index >= 15 is 0 Å². The molecule has 1 aromatic heterocycles. The van der Waals surface area contributed by atoms with Gasteiger partial charge in [0.2, 0.25) is 5.78 Å². The lowest BCUT2D eigenvalue weighted by Gasteiger charge is -2.03. The van der Waals surface area contributed by atoms with E-state index in [4.69, 9.17) is 10.00 Å². The highest BCUT2D eigenvalue weighted by atomic mass is 79.9. The Kier molecular flexibility index (Phi) is 4.57. The summed E-state index contributed by atoms with van der Waals surface area (Å²) in [7, 11) is 0. The highest BCUT2D eigenvalue weighted by Gasteiger charge is 2.31. The van der Waals surface area contributed by atoms with E-state index in [0.29, 0.717) is 13.0 Å². The molecule has 2 aromatic carbocycles. The van der Waals surface area contributed by atoms with Crippen LogP contribution in [0.4, 0.5) is 0 Å². The lowest BCUT2D eigenvalue weighted by molar-refractivity contribution is 0.101. The number of halogens is 1. The summed E-state index contributed by atoms with van der Waals surface area (Å²) in [4.78, 5) is 12.7. The van der Waals surface area contributed by atoms with Gasteiger partial charge in [0.1, 0.15) is 22.8 Å². The van der Waals surface area contributed by atoms with Crippen LogP contribution in [0, 0.1) is 11.3 Å². The SMILES string of the molecule is N#CCCCn1cc(C=C2Oc3cc(O)cc(O)c3C2=O)c2c(Br)cccc21. The van der Waals surface area contributed by atoms with Crippen LogP contribution in [0.2, 0.25) is 0 Å². The quantitative estimate of drug-likeness (QED) is 0.453. The van der Waals surface area contributed by atoms with Gasteiger partial charge in [0.15, 0.2) is 5.76 Å². The average Bonchev–Trinajstić information content (AvgIpc) is 3.14. The molecule has 2 heterocycles. The first-order chi connectivity index (χ1) is 13.5. The fourth-order valence-corrected chi connectivity index (χ4v) is 3.97. The number of fused-ring (bicyclic) bond motifs is 2. The van der Waals surface area contributed by atoms with Gasteiger partial charge in [0.05, 0.1) is 6.07 Å². The van der Waals surface area contributed by atoms with Crippen molar-refractivity contribution in [1.82, 2.24) is 4.57 Å². The molecule has 0 spiro atoms. The summed E-state index contributed by atoms with van der Waals surface area (Å²) in [6.45, 7) is 0.674. The van der Waals surface area contributed by atoms with Gasteiger partial charge < -0.3 is 19.5 Å². The van der Waals surface area contributed by atoms with E-state index in [-0.39, 0.29) is 28.6 Å². The van der Waals surface area contributed by atoms with Crippen LogP contribution in [0.5, 0.6) is 17.2 Å². The van der Waals surface area contributed by atoms with Gasteiger partial charge >= 0.3 is 0 Å². The van der Waals surface area contributed by atoms with Crippen molar-refractivity contribution < 1.29 is 19.7 Å². The minimum absolute atomic E-state index is 0.0425. The number of unbranched alkanes of at least 4 members (excludes halogenated alkanes) is 1. The van der Waals surface area contributed by atoms with Crippen LogP contribution in [-0.2, 0) is 6.54 Å². The second kappa shape index (κ2) is 7.06. The molecule has 0 saturated heterocycles. The van der Waals surface area contributed by atoms with Crippen molar-refractivity contribution in [3.8, 4) is 23.3 Å². The van der Waals surface area contributed by atoms with Crippen LogP contribution in [0.1, 0.15) is 28.8 Å². The minimum atomic E-state index is -0.440. The summed E-state index contributed by atoms with van der Waals surface area (Å²) in [6.07, 6.45) is 4.73. The lowest BCUT2D eigenvalue weighted by Crippen LogP contribution is -1.98. The van der Waals surface area contributed by atoms with Gasteiger partial charge in [-0.15, -0.1) is 0 Å². The Morgan fingerprint density at radius 2 is 2.11 bits per heavy atom. The highest BCUT2D eigenvalue weighted by molar-refractivity contribution is 9.10. The van der Waals surface area contributed by atoms with Crippen molar-refractivity contribution in [3.63, 3.8) is 0 Å². The van der Waals surface area contributed by atoms with Crippen molar-refractivity contribution in [2.45, 2.75) is 19.4 Å². The summed E-state index contributed by atoms with van der Waals surface area (Å²) in [5.41, 5.74) is 1.79. The number of nitriles is 1. The Morgan fingerprint density at radius 3 is 2.89 bits per heavy atom. The number of rotatable bonds is 4. The zero-order chi connectivity index (χ0) is 19.8. The van der Waals surface area contributed by atoms with Gasteiger partial charge in [0.25, 0.3) is 0 Å². The summed E-state index contributed by atoms with van der Waals surface area (Å²) in [5, 5.41) is 29.3. The molecule has 4 rings (SSSR count). The molecule has 7 heteroatoms. The second-order valence-corrected chi connectivity index (χ2v) is 7.31. The molecule has 6 nitrogen and oxygen atoms in total. The molecule has 0 fully saturated rings. The first kappa shape index (κ1) is 18.1. The number of nitrogens with zero attached hydrogens (tertiary/aromatic N) is 2. The Bertz CT molecular complexity index is 1190. The predicted molar refractivity (Wildman–Crippen MR) is 107 cm³/mol. The first-order valence-electron chi connectivity index (χ1n) is 8.64. The maximum Gasteiger partial charge on any atom is 0.235 e. The number of Topliss-reactive ketones (excluding diaryl/α,β-unsaturated/α-hetero) is 1. The maximum atomic E-state index is 12.7.